The predicted octanol–water partition coefficient (Wildman–Crippen LogP) is 4.28. The van der Waals surface area contributed by atoms with E-state index in [4.69, 9.17) is 16.0 Å². The van der Waals surface area contributed by atoms with E-state index in [2.05, 4.69) is 15.1 Å². The molecule has 1 aromatic heterocycles. The summed E-state index contributed by atoms with van der Waals surface area (Å²) in [7, 11) is -6.40. The first-order valence-corrected chi connectivity index (χ1v) is 17.6. The molecule has 0 atom stereocenters. The summed E-state index contributed by atoms with van der Waals surface area (Å²) in [6.45, 7) is 1.95. The topological polar surface area (TPSA) is 99.9 Å². The third kappa shape index (κ3) is 6.34. The van der Waals surface area contributed by atoms with Crippen molar-refractivity contribution in [2.45, 2.75) is 37.1 Å². The number of halogens is 5. The Morgan fingerprint density at radius 2 is 1.76 bits per heavy atom. The SMILES string of the molecule is C[SH](C)(=O)N1CC(N2CCC(S(=O)(=O)N(Cc3ccc(-c4nnc(C(F)F)o4)cc3F)c3ccc(F)c(Cl)c3)CC2)C1. The Balaban J connectivity index is 1.36. The van der Waals surface area contributed by atoms with Crippen molar-refractivity contribution >= 4 is 37.4 Å². The van der Waals surface area contributed by atoms with Crippen LogP contribution in [0.4, 0.5) is 23.2 Å². The molecule has 2 aromatic carbocycles. The Morgan fingerprint density at radius 1 is 1.07 bits per heavy atom. The van der Waals surface area contributed by atoms with Crippen molar-refractivity contribution < 1.29 is 34.6 Å². The standard InChI is InChI=1S/C26H30ClF4N5O4S2/c1-41(2,37)35-14-19(15-35)34-9-7-20(8-10-34)42(38,39)36(18-5-6-22(28)21(27)12-18)13-17-4-3-16(11-23(17)29)25-32-33-26(40-25)24(30)31/h3-6,11-12,19-20,24,41H,7-10,13-15H2,1-2H3. The molecule has 0 unspecified atom stereocenters. The minimum absolute atomic E-state index is 0.0214. The van der Waals surface area contributed by atoms with Crippen molar-refractivity contribution in [3.8, 4) is 11.5 Å². The maximum absolute atomic E-state index is 15.3. The molecule has 2 aliphatic rings. The lowest BCUT2D eigenvalue weighted by Gasteiger charge is -2.50. The summed E-state index contributed by atoms with van der Waals surface area (Å²) in [5.41, 5.74) is 0.0910. The Morgan fingerprint density at radius 3 is 2.33 bits per heavy atom. The van der Waals surface area contributed by atoms with Gasteiger partial charge in [0.2, 0.25) is 15.9 Å². The molecule has 0 bridgehead atoms. The van der Waals surface area contributed by atoms with Crippen molar-refractivity contribution in [3.05, 3.63) is 64.5 Å². The Bertz CT molecular complexity index is 1610. The van der Waals surface area contributed by atoms with Crippen molar-refractivity contribution in [1.29, 1.82) is 0 Å². The van der Waals surface area contributed by atoms with Crippen LogP contribution in [-0.4, -0.2) is 82.0 Å². The van der Waals surface area contributed by atoms with E-state index in [-0.39, 0.29) is 33.8 Å². The van der Waals surface area contributed by atoms with Gasteiger partial charge in [0.1, 0.15) is 11.6 Å². The van der Waals surface area contributed by atoms with Crippen LogP contribution < -0.4 is 4.31 Å². The van der Waals surface area contributed by atoms with Crippen LogP contribution >= 0.6 is 11.6 Å². The molecule has 2 fully saturated rings. The van der Waals surface area contributed by atoms with Gasteiger partial charge < -0.3 is 4.42 Å². The third-order valence-electron chi connectivity index (χ3n) is 7.68. The zero-order valence-electron chi connectivity index (χ0n) is 22.8. The molecule has 42 heavy (non-hydrogen) atoms. The number of rotatable bonds is 9. The molecule has 2 aliphatic heterocycles. The summed E-state index contributed by atoms with van der Waals surface area (Å²) < 4.78 is 103. The number of aromatic nitrogens is 2. The molecular formula is C26H30ClF4N5O4S2. The van der Waals surface area contributed by atoms with Gasteiger partial charge in [-0.15, -0.1) is 10.2 Å². The predicted molar refractivity (Wildman–Crippen MR) is 153 cm³/mol. The van der Waals surface area contributed by atoms with Crippen LogP contribution in [0.5, 0.6) is 0 Å². The van der Waals surface area contributed by atoms with Gasteiger partial charge in [-0.05, 0) is 56.3 Å². The second-order valence-corrected chi connectivity index (χ2v) is 16.5. The lowest BCUT2D eigenvalue weighted by Crippen LogP contribution is -2.63. The second-order valence-electron chi connectivity index (χ2n) is 10.8. The first-order chi connectivity index (χ1) is 19.7. The van der Waals surface area contributed by atoms with Crippen molar-refractivity contribution in [2.75, 3.05) is 43.0 Å². The normalized spacial score (nSPS) is 18.4. The van der Waals surface area contributed by atoms with Gasteiger partial charge in [-0.25, -0.2) is 21.5 Å². The van der Waals surface area contributed by atoms with Crippen molar-refractivity contribution in [1.82, 2.24) is 19.4 Å². The second kappa shape index (κ2) is 11.8. The van der Waals surface area contributed by atoms with Crippen LogP contribution in [0.1, 0.15) is 30.7 Å². The van der Waals surface area contributed by atoms with E-state index >= 15 is 4.39 Å². The van der Waals surface area contributed by atoms with E-state index in [0.717, 1.165) is 16.4 Å². The van der Waals surface area contributed by atoms with Crippen LogP contribution in [0.15, 0.2) is 40.8 Å². The van der Waals surface area contributed by atoms with Crippen LogP contribution in [0.25, 0.3) is 11.5 Å². The molecule has 5 rings (SSSR count). The van der Waals surface area contributed by atoms with Gasteiger partial charge in [0.05, 0.1) is 22.5 Å². The number of alkyl halides is 2. The highest BCUT2D eigenvalue weighted by molar-refractivity contribution is 7.99. The first-order valence-electron chi connectivity index (χ1n) is 13.2. The monoisotopic (exact) mass is 651 g/mol. The molecule has 3 heterocycles. The average molecular weight is 652 g/mol. The number of hydrogen-bond acceptors (Lipinski definition) is 7. The van der Waals surface area contributed by atoms with Gasteiger partial charge >= 0.3 is 6.43 Å². The molecule has 0 aliphatic carbocycles. The summed E-state index contributed by atoms with van der Waals surface area (Å²) >= 11 is 5.98. The third-order valence-corrected chi connectivity index (χ3v) is 11.9. The van der Waals surface area contributed by atoms with E-state index in [9.17, 15) is 25.8 Å². The van der Waals surface area contributed by atoms with Crippen LogP contribution in [0.3, 0.4) is 0 Å². The first kappa shape index (κ1) is 30.9. The molecule has 2 saturated heterocycles. The molecule has 0 saturated carbocycles. The summed E-state index contributed by atoms with van der Waals surface area (Å²) in [6.07, 6.45) is 1.11. The fourth-order valence-corrected chi connectivity index (χ4v) is 8.38. The molecule has 0 radical (unpaired) electrons. The number of sulfonamides is 1. The van der Waals surface area contributed by atoms with Gasteiger partial charge in [-0.1, -0.05) is 27.8 Å². The molecule has 9 nitrogen and oxygen atoms in total. The maximum Gasteiger partial charge on any atom is 0.314 e. The molecule has 16 heteroatoms. The summed E-state index contributed by atoms with van der Waals surface area (Å²) in [4.78, 5) is 2.20. The molecule has 0 amide bonds. The van der Waals surface area contributed by atoms with Crippen molar-refractivity contribution in [2.24, 2.45) is 0 Å². The van der Waals surface area contributed by atoms with E-state index in [1.54, 1.807) is 12.5 Å². The Kier molecular flexibility index (Phi) is 8.69. The number of nitrogens with zero attached hydrogens (tertiary/aromatic N) is 5. The summed E-state index contributed by atoms with van der Waals surface area (Å²) in [5, 5.41) is 5.67. The minimum Gasteiger partial charge on any atom is -0.415 e. The number of benzene rings is 2. The average Bonchev–Trinajstić information content (AvgIpc) is 3.39. The largest absolute Gasteiger partial charge is 0.415 e. The number of likely N-dealkylation sites (tertiary alicyclic amines) is 1. The van der Waals surface area contributed by atoms with Crippen LogP contribution in [0.2, 0.25) is 5.02 Å². The quantitative estimate of drug-likeness (QED) is 0.272. The fourth-order valence-electron chi connectivity index (χ4n) is 5.15. The van der Waals surface area contributed by atoms with Gasteiger partial charge in [-0.2, -0.15) is 8.78 Å². The zero-order valence-corrected chi connectivity index (χ0v) is 25.2. The number of hydrogen-bond donors (Lipinski definition) is 1. The summed E-state index contributed by atoms with van der Waals surface area (Å²) in [5.74, 6) is -2.78. The lowest BCUT2D eigenvalue weighted by molar-refractivity contribution is 0.0743. The lowest BCUT2D eigenvalue weighted by atomic mass is 10.0. The van der Waals surface area contributed by atoms with Crippen LogP contribution in [0, 0.1) is 11.6 Å². The Labute approximate surface area is 247 Å². The minimum atomic E-state index is -4.08. The highest BCUT2D eigenvalue weighted by Gasteiger charge is 2.41. The fraction of sp³-hybridized carbons (Fsp3) is 0.462. The number of thiol groups is 1. The van der Waals surface area contributed by atoms with E-state index in [1.807, 2.05) is 4.31 Å². The van der Waals surface area contributed by atoms with Crippen molar-refractivity contribution in [3.63, 3.8) is 0 Å². The van der Waals surface area contributed by atoms with Gasteiger partial charge in [0.15, 0.2) is 0 Å². The highest BCUT2D eigenvalue weighted by atomic mass is 35.5. The molecular weight excluding hydrogens is 622 g/mol. The van der Waals surface area contributed by atoms with Crippen LogP contribution in [-0.2, 0) is 26.7 Å². The maximum atomic E-state index is 15.3. The number of piperidine rings is 1. The van der Waals surface area contributed by atoms with Gasteiger partial charge in [0.25, 0.3) is 5.89 Å². The molecule has 230 valence electrons. The molecule has 0 N–H and O–H groups in total. The molecule has 3 aromatic rings. The molecule has 0 spiro atoms. The van der Waals surface area contributed by atoms with E-state index < -0.39 is 55.9 Å². The van der Waals surface area contributed by atoms with Gasteiger partial charge in [0, 0.05) is 42.8 Å². The zero-order chi connectivity index (χ0) is 30.4. The van der Waals surface area contributed by atoms with E-state index in [1.165, 1.54) is 24.3 Å². The van der Waals surface area contributed by atoms with Gasteiger partial charge in [-0.3, -0.25) is 13.4 Å². The highest BCUT2D eigenvalue weighted by Crippen LogP contribution is 2.33. The smallest absolute Gasteiger partial charge is 0.314 e. The number of anilines is 1. The van der Waals surface area contributed by atoms with E-state index in [0.29, 0.717) is 39.0 Å². The Hall–Kier alpha value is -2.59. The summed E-state index contributed by atoms with van der Waals surface area (Å²) in [6, 6.07) is 7.34.